The van der Waals surface area contributed by atoms with Gasteiger partial charge in [0, 0.05) is 21.2 Å². The molecule has 0 saturated carbocycles. The van der Waals surface area contributed by atoms with Gasteiger partial charge >= 0.3 is 0 Å². The van der Waals surface area contributed by atoms with Crippen LogP contribution in [0.4, 0.5) is 23.7 Å². The van der Waals surface area contributed by atoms with Gasteiger partial charge in [0.2, 0.25) is 5.91 Å². The first kappa shape index (κ1) is 26.6. The Morgan fingerprint density at radius 2 is 1.78 bits per heavy atom. The Morgan fingerprint density at radius 1 is 1.03 bits per heavy atom. The van der Waals surface area contributed by atoms with Crippen LogP contribution < -0.4 is 10.1 Å². The summed E-state index contributed by atoms with van der Waals surface area (Å²) in [6.07, 6.45) is 1.44. The van der Waals surface area contributed by atoms with Crippen molar-refractivity contribution in [2.45, 2.75) is 6.61 Å². The van der Waals surface area contributed by atoms with Gasteiger partial charge in [-0.1, -0.05) is 47.5 Å². The number of carbonyl (C=O) groups excluding carboxylic acids is 3. The molecule has 6 nitrogen and oxygen atoms in total. The summed E-state index contributed by atoms with van der Waals surface area (Å²) in [5, 5.41) is 2.20. The molecule has 0 aliphatic carbocycles. The van der Waals surface area contributed by atoms with Crippen LogP contribution in [0.3, 0.4) is 0 Å². The van der Waals surface area contributed by atoms with E-state index in [1.807, 2.05) is 5.32 Å². The van der Waals surface area contributed by atoms with E-state index in [9.17, 15) is 27.6 Å². The van der Waals surface area contributed by atoms with E-state index in [-0.39, 0.29) is 11.5 Å². The van der Waals surface area contributed by atoms with E-state index in [0.717, 1.165) is 6.07 Å². The highest BCUT2D eigenvalue weighted by Crippen LogP contribution is 2.34. The number of thioether (sulfide) groups is 1. The molecule has 1 aliphatic rings. The Morgan fingerprint density at radius 3 is 2.54 bits per heavy atom. The summed E-state index contributed by atoms with van der Waals surface area (Å²) in [6, 6.07) is 13.2. The summed E-state index contributed by atoms with van der Waals surface area (Å²) in [5.74, 6) is -6.10. The summed E-state index contributed by atoms with van der Waals surface area (Å²) in [5.41, 5.74) is 0.550. The van der Waals surface area contributed by atoms with E-state index in [1.165, 1.54) is 6.08 Å². The highest BCUT2D eigenvalue weighted by molar-refractivity contribution is 8.18. The number of imide groups is 1. The quantitative estimate of drug-likeness (QED) is 0.255. The van der Waals surface area contributed by atoms with Crippen LogP contribution in [0.5, 0.6) is 5.75 Å². The maximum Gasteiger partial charge on any atom is 0.294 e. The molecule has 37 heavy (non-hydrogen) atoms. The standard InChI is InChI=1S/C25H15Cl2F3N2O4S/c26-15-6-5-14(16(27)10-15)12-36-19-4-2-1-3-13(19)9-20-24(34)32(25(35)37-20)11-21(33)31-18-8-7-17(28)22(29)23(18)30/h1-10H,11-12H2,(H,31,33)/b20-9+. The summed E-state index contributed by atoms with van der Waals surface area (Å²) < 4.78 is 46.2. The number of benzene rings is 3. The maximum absolute atomic E-state index is 13.8. The summed E-state index contributed by atoms with van der Waals surface area (Å²) in [4.78, 5) is 38.2. The minimum atomic E-state index is -1.76. The lowest BCUT2D eigenvalue weighted by Crippen LogP contribution is -2.36. The second-order valence-corrected chi connectivity index (χ2v) is 9.44. The molecule has 3 aromatic rings. The molecule has 1 fully saturated rings. The van der Waals surface area contributed by atoms with Gasteiger partial charge in [0.1, 0.15) is 18.9 Å². The van der Waals surface area contributed by atoms with Crippen LogP contribution in [0.2, 0.25) is 10.0 Å². The van der Waals surface area contributed by atoms with E-state index < -0.39 is 46.7 Å². The average Bonchev–Trinajstić information content (AvgIpc) is 3.12. The monoisotopic (exact) mass is 566 g/mol. The number of amides is 3. The second-order valence-electron chi connectivity index (χ2n) is 7.60. The minimum absolute atomic E-state index is 0.0254. The van der Waals surface area contributed by atoms with Gasteiger partial charge < -0.3 is 10.1 Å². The molecule has 0 bridgehead atoms. The number of halogens is 5. The van der Waals surface area contributed by atoms with E-state index >= 15 is 0 Å². The van der Waals surface area contributed by atoms with Crippen LogP contribution in [-0.4, -0.2) is 28.5 Å². The molecule has 0 atom stereocenters. The molecule has 1 saturated heterocycles. The van der Waals surface area contributed by atoms with Gasteiger partial charge in [-0.2, -0.15) is 0 Å². The molecule has 0 radical (unpaired) electrons. The number of rotatable bonds is 7. The number of hydrogen-bond acceptors (Lipinski definition) is 5. The molecule has 0 spiro atoms. The molecule has 12 heteroatoms. The molecular formula is C25H15Cl2F3N2O4S. The van der Waals surface area contributed by atoms with Crippen LogP contribution in [0.1, 0.15) is 11.1 Å². The predicted molar refractivity (Wildman–Crippen MR) is 135 cm³/mol. The fraction of sp³-hybridized carbons (Fsp3) is 0.0800. The zero-order valence-corrected chi connectivity index (χ0v) is 20.9. The SMILES string of the molecule is O=C(CN1C(=O)S/C(=C/c2ccccc2OCc2ccc(Cl)cc2Cl)C1=O)Nc1ccc(F)c(F)c1F. The van der Waals surface area contributed by atoms with E-state index in [1.54, 1.807) is 42.5 Å². The Bertz CT molecular complexity index is 1450. The first-order chi connectivity index (χ1) is 17.6. The molecule has 0 unspecified atom stereocenters. The lowest BCUT2D eigenvalue weighted by atomic mass is 10.1. The second kappa shape index (κ2) is 11.3. The van der Waals surface area contributed by atoms with E-state index in [0.29, 0.717) is 49.6 Å². The van der Waals surface area contributed by atoms with Crippen molar-refractivity contribution in [3.05, 3.63) is 98.1 Å². The van der Waals surface area contributed by atoms with Crippen molar-refractivity contribution in [1.29, 1.82) is 0 Å². The fourth-order valence-corrected chi connectivity index (χ4v) is 4.55. The number of nitrogens with one attached hydrogen (secondary N) is 1. The first-order valence-electron chi connectivity index (χ1n) is 10.5. The highest BCUT2D eigenvalue weighted by atomic mass is 35.5. The number of nitrogens with zero attached hydrogens (tertiary/aromatic N) is 1. The molecule has 3 amide bonds. The van der Waals surface area contributed by atoms with Crippen molar-refractivity contribution in [2.75, 3.05) is 11.9 Å². The molecule has 4 rings (SSSR count). The molecule has 1 aliphatic heterocycles. The zero-order valence-electron chi connectivity index (χ0n) is 18.6. The van der Waals surface area contributed by atoms with Crippen molar-refractivity contribution in [1.82, 2.24) is 4.90 Å². The molecule has 190 valence electrons. The Hall–Kier alpha value is -3.47. The summed E-state index contributed by atoms with van der Waals surface area (Å²) >= 11 is 12.7. The lowest BCUT2D eigenvalue weighted by molar-refractivity contribution is -0.127. The van der Waals surface area contributed by atoms with E-state index in [2.05, 4.69) is 0 Å². The average molecular weight is 567 g/mol. The number of anilines is 1. The molecule has 1 N–H and O–H groups in total. The Kier molecular flexibility index (Phi) is 8.11. The van der Waals surface area contributed by atoms with Gasteiger partial charge in [0.25, 0.3) is 11.1 Å². The maximum atomic E-state index is 13.8. The van der Waals surface area contributed by atoms with Crippen molar-refractivity contribution < 1.29 is 32.3 Å². The van der Waals surface area contributed by atoms with Gasteiger partial charge in [0.15, 0.2) is 17.5 Å². The zero-order chi connectivity index (χ0) is 26.7. The number of hydrogen-bond donors (Lipinski definition) is 1. The molecular weight excluding hydrogens is 552 g/mol. The van der Waals surface area contributed by atoms with Gasteiger partial charge in [0.05, 0.1) is 10.6 Å². The molecule has 3 aromatic carbocycles. The Balaban J connectivity index is 1.46. The van der Waals surface area contributed by atoms with Gasteiger partial charge in [-0.15, -0.1) is 0 Å². The van der Waals surface area contributed by atoms with Crippen molar-refractivity contribution in [3.8, 4) is 5.75 Å². The number of para-hydroxylation sites is 1. The van der Waals surface area contributed by atoms with Crippen LogP contribution in [0, 0.1) is 17.5 Å². The third-order valence-electron chi connectivity index (χ3n) is 5.09. The third kappa shape index (κ3) is 6.10. The van der Waals surface area contributed by atoms with Crippen LogP contribution in [0.25, 0.3) is 6.08 Å². The number of carbonyl (C=O) groups is 3. The van der Waals surface area contributed by atoms with Crippen molar-refractivity contribution in [2.24, 2.45) is 0 Å². The van der Waals surface area contributed by atoms with Gasteiger partial charge in [-0.05, 0) is 48.2 Å². The molecule has 1 heterocycles. The third-order valence-corrected chi connectivity index (χ3v) is 6.58. The largest absolute Gasteiger partial charge is 0.488 e. The van der Waals surface area contributed by atoms with Crippen LogP contribution in [0.15, 0.2) is 59.5 Å². The normalized spacial score (nSPS) is 14.4. The number of ether oxygens (including phenoxy) is 1. The van der Waals surface area contributed by atoms with Gasteiger partial charge in [-0.25, -0.2) is 13.2 Å². The lowest BCUT2D eigenvalue weighted by Gasteiger charge is -2.13. The summed E-state index contributed by atoms with van der Waals surface area (Å²) in [7, 11) is 0. The fourth-order valence-electron chi connectivity index (χ4n) is 3.26. The topological polar surface area (TPSA) is 75.7 Å². The first-order valence-corrected chi connectivity index (χ1v) is 12.1. The van der Waals surface area contributed by atoms with E-state index in [4.69, 9.17) is 27.9 Å². The Labute approximate surface area is 223 Å². The molecule has 0 aromatic heterocycles. The van der Waals surface area contributed by atoms with Crippen molar-refractivity contribution >= 4 is 63.8 Å². The smallest absolute Gasteiger partial charge is 0.294 e. The van der Waals surface area contributed by atoms with Crippen LogP contribution in [-0.2, 0) is 16.2 Å². The minimum Gasteiger partial charge on any atom is -0.488 e. The van der Waals surface area contributed by atoms with Gasteiger partial charge in [-0.3, -0.25) is 19.3 Å². The van der Waals surface area contributed by atoms with Crippen molar-refractivity contribution in [3.63, 3.8) is 0 Å². The highest BCUT2D eigenvalue weighted by Gasteiger charge is 2.36. The predicted octanol–water partition coefficient (Wildman–Crippen LogP) is 6.66. The van der Waals surface area contributed by atoms with Crippen LogP contribution >= 0.6 is 35.0 Å². The summed E-state index contributed by atoms with van der Waals surface area (Å²) in [6.45, 7) is -0.642.